The van der Waals surface area contributed by atoms with E-state index < -0.39 is 5.91 Å². The maximum atomic E-state index is 11.2. The van der Waals surface area contributed by atoms with Crippen molar-refractivity contribution in [3.05, 3.63) is 28.8 Å². The summed E-state index contributed by atoms with van der Waals surface area (Å²) in [5, 5.41) is 9.70. The minimum Gasteiger partial charge on any atom is -0.399 e. The predicted molar refractivity (Wildman–Crippen MR) is 49.7 cm³/mol. The van der Waals surface area contributed by atoms with E-state index in [4.69, 9.17) is 22.5 Å². The van der Waals surface area contributed by atoms with Crippen molar-refractivity contribution in [2.75, 3.05) is 12.8 Å². The van der Waals surface area contributed by atoms with E-state index in [0.717, 1.165) is 0 Å². The van der Waals surface area contributed by atoms with Gasteiger partial charge in [0.15, 0.2) is 0 Å². The highest BCUT2D eigenvalue weighted by Crippen LogP contribution is 2.17. The van der Waals surface area contributed by atoms with E-state index in [0.29, 0.717) is 15.8 Å². The van der Waals surface area contributed by atoms with Crippen LogP contribution in [-0.4, -0.2) is 23.2 Å². The summed E-state index contributed by atoms with van der Waals surface area (Å²) < 4.78 is 0. The summed E-state index contributed by atoms with van der Waals surface area (Å²) in [5.41, 5.74) is 6.11. The SMILES string of the molecule is CN(O)C(=O)c1cc(N)cc(Cl)c1. The van der Waals surface area contributed by atoms with Crippen LogP contribution in [0.3, 0.4) is 0 Å². The lowest BCUT2D eigenvalue weighted by Gasteiger charge is -2.08. The Hall–Kier alpha value is -1.26. The van der Waals surface area contributed by atoms with Crippen LogP contribution in [0.5, 0.6) is 0 Å². The first-order valence-corrected chi connectivity index (χ1v) is 3.91. The van der Waals surface area contributed by atoms with Crippen molar-refractivity contribution >= 4 is 23.2 Å². The molecule has 0 atom stereocenters. The summed E-state index contributed by atoms with van der Waals surface area (Å²) in [4.78, 5) is 11.2. The molecule has 1 aromatic rings. The third-order valence-electron chi connectivity index (χ3n) is 1.46. The van der Waals surface area contributed by atoms with Gasteiger partial charge in [-0.2, -0.15) is 0 Å². The molecule has 0 saturated heterocycles. The second kappa shape index (κ2) is 3.64. The van der Waals surface area contributed by atoms with E-state index in [-0.39, 0.29) is 5.56 Å². The summed E-state index contributed by atoms with van der Waals surface area (Å²) in [6.07, 6.45) is 0. The highest BCUT2D eigenvalue weighted by molar-refractivity contribution is 6.31. The molecule has 1 aromatic carbocycles. The van der Waals surface area contributed by atoms with E-state index >= 15 is 0 Å². The summed E-state index contributed by atoms with van der Waals surface area (Å²) >= 11 is 5.67. The number of carbonyl (C=O) groups excluding carboxylic acids is 1. The van der Waals surface area contributed by atoms with Crippen LogP contribution in [0.25, 0.3) is 0 Å². The molecular weight excluding hydrogens is 192 g/mol. The van der Waals surface area contributed by atoms with Gasteiger partial charge in [0, 0.05) is 23.3 Å². The number of nitrogens with two attached hydrogens (primary N) is 1. The van der Waals surface area contributed by atoms with Gasteiger partial charge in [0.05, 0.1) is 0 Å². The van der Waals surface area contributed by atoms with Crippen LogP contribution in [0, 0.1) is 0 Å². The average molecular weight is 201 g/mol. The Morgan fingerprint density at radius 1 is 1.54 bits per heavy atom. The quantitative estimate of drug-likeness (QED) is 0.409. The van der Waals surface area contributed by atoms with Crippen molar-refractivity contribution in [3.8, 4) is 0 Å². The molecule has 1 rings (SSSR count). The largest absolute Gasteiger partial charge is 0.399 e. The topological polar surface area (TPSA) is 66.6 Å². The third kappa shape index (κ3) is 2.34. The second-order valence-electron chi connectivity index (χ2n) is 2.60. The number of hydrogen-bond acceptors (Lipinski definition) is 3. The van der Waals surface area contributed by atoms with Gasteiger partial charge in [-0.15, -0.1) is 0 Å². The fraction of sp³-hybridized carbons (Fsp3) is 0.125. The lowest BCUT2D eigenvalue weighted by Crippen LogP contribution is -2.22. The average Bonchev–Trinajstić information content (AvgIpc) is 2.01. The lowest BCUT2D eigenvalue weighted by molar-refractivity contribution is -0.0374. The number of carbonyl (C=O) groups is 1. The van der Waals surface area contributed by atoms with Gasteiger partial charge in [-0.05, 0) is 18.2 Å². The van der Waals surface area contributed by atoms with Crippen LogP contribution in [0.2, 0.25) is 5.02 Å². The predicted octanol–water partition coefficient (Wildman–Crippen LogP) is 1.38. The normalized spacial score (nSPS) is 9.77. The molecular formula is C8H9ClN2O2. The number of nitrogens with zero attached hydrogens (tertiary/aromatic N) is 1. The molecule has 0 unspecified atom stereocenters. The number of anilines is 1. The van der Waals surface area contributed by atoms with E-state index in [2.05, 4.69) is 0 Å². The molecule has 70 valence electrons. The van der Waals surface area contributed by atoms with Crippen LogP contribution in [0.15, 0.2) is 18.2 Å². The lowest BCUT2D eigenvalue weighted by atomic mass is 10.2. The molecule has 0 radical (unpaired) electrons. The first-order chi connectivity index (χ1) is 6.00. The number of hydroxylamine groups is 2. The molecule has 0 aromatic heterocycles. The zero-order chi connectivity index (χ0) is 10.0. The fourth-order valence-corrected chi connectivity index (χ4v) is 1.17. The van der Waals surface area contributed by atoms with Gasteiger partial charge in [0.1, 0.15) is 0 Å². The van der Waals surface area contributed by atoms with Crippen molar-refractivity contribution in [3.63, 3.8) is 0 Å². The highest BCUT2D eigenvalue weighted by atomic mass is 35.5. The van der Waals surface area contributed by atoms with Gasteiger partial charge in [-0.3, -0.25) is 10.0 Å². The van der Waals surface area contributed by atoms with Gasteiger partial charge in [0.2, 0.25) is 0 Å². The second-order valence-corrected chi connectivity index (χ2v) is 3.04. The fourth-order valence-electron chi connectivity index (χ4n) is 0.923. The molecule has 0 aliphatic carbocycles. The molecule has 0 spiro atoms. The van der Waals surface area contributed by atoms with E-state index in [1.54, 1.807) is 0 Å². The zero-order valence-electron chi connectivity index (χ0n) is 6.99. The summed E-state index contributed by atoms with van der Waals surface area (Å²) in [6.45, 7) is 0. The van der Waals surface area contributed by atoms with Crippen LogP contribution in [0.1, 0.15) is 10.4 Å². The van der Waals surface area contributed by atoms with Crippen molar-refractivity contribution < 1.29 is 10.0 Å². The minimum absolute atomic E-state index is 0.259. The molecule has 0 aliphatic rings. The van der Waals surface area contributed by atoms with Gasteiger partial charge >= 0.3 is 0 Å². The van der Waals surface area contributed by atoms with E-state index in [1.807, 2.05) is 0 Å². The van der Waals surface area contributed by atoms with Crippen molar-refractivity contribution in [2.24, 2.45) is 0 Å². The standard InChI is InChI=1S/C8H9ClN2O2/c1-11(13)8(12)5-2-6(9)4-7(10)3-5/h2-4,13H,10H2,1H3. The Kier molecular flexibility index (Phi) is 2.75. The van der Waals surface area contributed by atoms with Gasteiger partial charge in [0.25, 0.3) is 5.91 Å². The Morgan fingerprint density at radius 3 is 2.62 bits per heavy atom. The maximum absolute atomic E-state index is 11.2. The molecule has 0 fully saturated rings. The molecule has 13 heavy (non-hydrogen) atoms. The monoisotopic (exact) mass is 200 g/mol. The smallest absolute Gasteiger partial charge is 0.277 e. The van der Waals surface area contributed by atoms with Crippen LogP contribution < -0.4 is 5.73 Å². The molecule has 0 heterocycles. The van der Waals surface area contributed by atoms with E-state index in [9.17, 15) is 4.79 Å². The van der Waals surface area contributed by atoms with E-state index in [1.165, 1.54) is 25.2 Å². The number of nitrogen functional groups attached to an aromatic ring is 1. The summed E-state index contributed by atoms with van der Waals surface area (Å²) in [6, 6.07) is 4.41. The first-order valence-electron chi connectivity index (χ1n) is 3.53. The maximum Gasteiger partial charge on any atom is 0.277 e. The molecule has 3 N–H and O–H groups in total. The number of rotatable bonds is 1. The first kappa shape index (κ1) is 9.83. The number of hydrogen-bond donors (Lipinski definition) is 2. The molecule has 5 heteroatoms. The summed E-state index contributed by atoms with van der Waals surface area (Å²) in [5.74, 6) is -0.547. The van der Waals surface area contributed by atoms with Crippen LogP contribution >= 0.6 is 11.6 Å². The minimum atomic E-state index is -0.547. The molecule has 0 aliphatic heterocycles. The van der Waals surface area contributed by atoms with Crippen molar-refractivity contribution in [2.45, 2.75) is 0 Å². The van der Waals surface area contributed by atoms with Crippen molar-refractivity contribution in [1.82, 2.24) is 5.06 Å². The molecule has 0 saturated carbocycles. The zero-order valence-corrected chi connectivity index (χ0v) is 7.75. The van der Waals surface area contributed by atoms with Gasteiger partial charge in [-0.25, -0.2) is 5.06 Å². The molecule has 4 nitrogen and oxygen atoms in total. The summed E-state index contributed by atoms with van der Waals surface area (Å²) in [7, 11) is 1.24. The number of benzene rings is 1. The van der Waals surface area contributed by atoms with Gasteiger partial charge in [-0.1, -0.05) is 11.6 Å². The Labute approximate surface area is 80.5 Å². The number of amides is 1. The third-order valence-corrected chi connectivity index (χ3v) is 1.68. The van der Waals surface area contributed by atoms with Crippen molar-refractivity contribution in [1.29, 1.82) is 0 Å². The Bertz CT molecular complexity index is 319. The van der Waals surface area contributed by atoms with Crippen LogP contribution in [-0.2, 0) is 0 Å². The van der Waals surface area contributed by atoms with Gasteiger partial charge < -0.3 is 5.73 Å². The Balaban J connectivity index is 3.08. The number of halogens is 1. The molecule has 0 bridgehead atoms. The highest BCUT2D eigenvalue weighted by Gasteiger charge is 2.10. The molecule has 1 amide bonds. The van der Waals surface area contributed by atoms with Crippen LogP contribution in [0.4, 0.5) is 5.69 Å². The Morgan fingerprint density at radius 2 is 2.15 bits per heavy atom.